The van der Waals surface area contributed by atoms with Crippen LogP contribution < -0.4 is 5.73 Å². The first kappa shape index (κ1) is 16.5. The molecular formula is C12H20BrN3O2S. The molecule has 108 valence electrons. The molecule has 0 aliphatic carbocycles. The third kappa shape index (κ3) is 4.50. The van der Waals surface area contributed by atoms with Crippen LogP contribution in [0.25, 0.3) is 0 Å². The number of hydrogen-bond acceptors (Lipinski definition) is 5. The summed E-state index contributed by atoms with van der Waals surface area (Å²) in [5, 5.41) is 4.44. The van der Waals surface area contributed by atoms with E-state index in [1.165, 1.54) is 12.8 Å². The maximum Gasteiger partial charge on any atom is 0.322 e. The van der Waals surface area contributed by atoms with E-state index in [-0.39, 0.29) is 5.97 Å². The highest BCUT2D eigenvalue weighted by Crippen LogP contribution is 2.25. The van der Waals surface area contributed by atoms with Gasteiger partial charge in [-0.25, -0.2) is 0 Å². The molecule has 1 unspecified atom stereocenters. The fourth-order valence-electron chi connectivity index (χ4n) is 1.66. The molecule has 1 aromatic rings. The van der Waals surface area contributed by atoms with E-state index < -0.39 is 6.04 Å². The van der Waals surface area contributed by atoms with Crippen molar-refractivity contribution >= 4 is 33.7 Å². The Bertz CT molecular complexity index is 437. The predicted octanol–water partition coefficient (Wildman–Crippen LogP) is 2.10. The molecule has 1 atom stereocenters. The monoisotopic (exact) mass is 349 g/mol. The zero-order valence-corrected chi connectivity index (χ0v) is 13.9. The summed E-state index contributed by atoms with van der Waals surface area (Å²) in [5.41, 5.74) is 7.86. The van der Waals surface area contributed by atoms with Gasteiger partial charge in [-0.05, 0) is 42.0 Å². The Kier molecular flexibility index (Phi) is 6.88. The van der Waals surface area contributed by atoms with E-state index in [0.29, 0.717) is 6.42 Å². The SMILES string of the molecule is CCn1nc(C)c(Br)c1CSCCC(N)C(=O)OC. The second kappa shape index (κ2) is 7.91. The van der Waals surface area contributed by atoms with Gasteiger partial charge in [-0.15, -0.1) is 0 Å². The second-order valence-electron chi connectivity index (χ2n) is 4.13. The topological polar surface area (TPSA) is 70.1 Å². The molecule has 2 N–H and O–H groups in total. The molecule has 0 spiro atoms. The molecule has 0 fully saturated rings. The van der Waals surface area contributed by atoms with Gasteiger partial charge in [0.25, 0.3) is 0 Å². The molecule has 5 nitrogen and oxygen atoms in total. The average Bonchev–Trinajstić information content (AvgIpc) is 2.69. The van der Waals surface area contributed by atoms with Gasteiger partial charge in [0.15, 0.2) is 0 Å². The number of aromatic nitrogens is 2. The summed E-state index contributed by atoms with van der Waals surface area (Å²) in [6, 6.07) is -0.529. The minimum absolute atomic E-state index is 0.351. The van der Waals surface area contributed by atoms with E-state index in [2.05, 4.69) is 32.7 Å². The van der Waals surface area contributed by atoms with Gasteiger partial charge in [-0.1, -0.05) is 0 Å². The standard InChI is InChI=1S/C12H20BrN3O2S/c1-4-16-10(11(13)8(2)15-16)7-19-6-5-9(14)12(17)18-3/h9H,4-7,14H2,1-3H3. The maximum absolute atomic E-state index is 11.2. The highest BCUT2D eigenvalue weighted by Gasteiger charge is 2.15. The number of ether oxygens (including phenoxy) is 1. The minimum atomic E-state index is -0.529. The number of nitrogens with zero attached hydrogens (tertiary/aromatic N) is 2. The molecule has 0 aromatic carbocycles. The molecule has 1 heterocycles. The van der Waals surface area contributed by atoms with Crippen LogP contribution in [0.2, 0.25) is 0 Å². The molecule has 1 aromatic heterocycles. The van der Waals surface area contributed by atoms with Gasteiger partial charge in [0.2, 0.25) is 0 Å². The first-order valence-electron chi connectivity index (χ1n) is 6.14. The Morgan fingerprint density at radius 3 is 2.89 bits per heavy atom. The number of aryl methyl sites for hydroxylation is 2. The summed E-state index contributed by atoms with van der Waals surface area (Å²) in [5.74, 6) is 1.32. The second-order valence-corrected chi connectivity index (χ2v) is 6.03. The Balaban J connectivity index is 2.43. The molecule has 1 rings (SSSR count). The highest BCUT2D eigenvalue weighted by atomic mass is 79.9. The van der Waals surface area contributed by atoms with Crippen LogP contribution in [-0.2, 0) is 21.8 Å². The Morgan fingerprint density at radius 2 is 2.32 bits per heavy atom. The fraction of sp³-hybridized carbons (Fsp3) is 0.667. The van der Waals surface area contributed by atoms with Crippen LogP contribution in [0.3, 0.4) is 0 Å². The maximum atomic E-state index is 11.2. The molecule has 7 heteroatoms. The van der Waals surface area contributed by atoms with Gasteiger partial charge >= 0.3 is 5.97 Å². The van der Waals surface area contributed by atoms with E-state index in [1.54, 1.807) is 11.8 Å². The first-order valence-corrected chi connectivity index (χ1v) is 8.08. The van der Waals surface area contributed by atoms with Crippen LogP contribution in [0.5, 0.6) is 0 Å². The molecule has 0 bridgehead atoms. The molecule has 0 saturated carbocycles. The minimum Gasteiger partial charge on any atom is -0.468 e. The van der Waals surface area contributed by atoms with Crippen molar-refractivity contribution in [2.45, 2.75) is 38.6 Å². The van der Waals surface area contributed by atoms with Gasteiger partial charge in [-0.2, -0.15) is 16.9 Å². The molecule has 0 amide bonds. The number of thioether (sulfide) groups is 1. The van der Waals surface area contributed by atoms with Crippen LogP contribution in [-0.4, -0.2) is 34.7 Å². The van der Waals surface area contributed by atoms with Crippen molar-refractivity contribution < 1.29 is 9.53 Å². The van der Waals surface area contributed by atoms with Crippen molar-refractivity contribution in [3.05, 3.63) is 15.9 Å². The lowest BCUT2D eigenvalue weighted by Gasteiger charge is -2.09. The Labute approximate surface area is 126 Å². The number of esters is 1. The first-order chi connectivity index (χ1) is 9.01. The lowest BCUT2D eigenvalue weighted by Crippen LogP contribution is -2.32. The molecule has 0 aliphatic rings. The summed E-state index contributed by atoms with van der Waals surface area (Å²) < 4.78 is 7.65. The van der Waals surface area contributed by atoms with E-state index >= 15 is 0 Å². The molecule has 0 saturated heterocycles. The Morgan fingerprint density at radius 1 is 1.63 bits per heavy atom. The summed E-state index contributed by atoms with van der Waals surface area (Å²) in [6.45, 7) is 4.90. The number of rotatable bonds is 7. The molecule has 19 heavy (non-hydrogen) atoms. The molecular weight excluding hydrogens is 330 g/mol. The smallest absolute Gasteiger partial charge is 0.322 e. The zero-order chi connectivity index (χ0) is 14.4. The third-order valence-electron chi connectivity index (χ3n) is 2.77. The van der Waals surface area contributed by atoms with Gasteiger partial charge < -0.3 is 10.5 Å². The fourth-order valence-corrected chi connectivity index (χ4v) is 3.32. The number of carbonyl (C=O) groups excluding carboxylic acids is 1. The normalized spacial score (nSPS) is 12.5. The quantitative estimate of drug-likeness (QED) is 0.602. The summed E-state index contributed by atoms with van der Waals surface area (Å²) in [6.07, 6.45) is 0.619. The van der Waals surface area contributed by atoms with Crippen molar-refractivity contribution in [1.82, 2.24) is 9.78 Å². The van der Waals surface area contributed by atoms with E-state index in [9.17, 15) is 4.79 Å². The van der Waals surface area contributed by atoms with Gasteiger partial charge in [0, 0.05) is 12.3 Å². The lowest BCUT2D eigenvalue weighted by molar-refractivity contribution is -0.142. The van der Waals surface area contributed by atoms with E-state index in [0.717, 1.165) is 28.2 Å². The van der Waals surface area contributed by atoms with Gasteiger partial charge in [0.05, 0.1) is 23.0 Å². The largest absolute Gasteiger partial charge is 0.468 e. The molecule has 0 aliphatic heterocycles. The van der Waals surface area contributed by atoms with Crippen LogP contribution in [0.4, 0.5) is 0 Å². The number of carbonyl (C=O) groups is 1. The number of nitrogens with two attached hydrogens (primary N) is 1. The van der Waals surface area contributed by atoms with Crippen LogP contribution in [0.15, 0.2) is 4.47 Å². The zero-order valence-electron chi connectivity index (χ0n) is 11.5. The predicted molar refractivity (Wildman–Crippen MR) is 81.1 cm³/mol. The van der Waals surface area contributed by atoms with Crippen molar-refractivity contribution in [2.75, 3.05) is 12.9 Å². The van der Waals surface area contributed by atoms with Crippen molar-refractivity contribution in [3.63, 3.8) is 0 Å². The van der Waals surface area contributed by atoms with Crippen LogP contribution in [0, 0.1) is 6.92 Å². The molecule has 0 radical (unpaired) electrons. The third-order valence-corrected chi connectivity index (χ3v) is 4.80. The lowest BCUT2D eigenvalue weighted by atomic mass is 10.2. The van der Waals surface area contributed by atoms with Crippen molar-refractivity contribution in [1.29, 1.82) is 0 Å². The highest BCUT2D eigenvalue weighted by molar-refractivity contribution is 9.10. The van der Waals surface area contributed by atoms with E-state index in [4.69, 9.17) is 5.73 Å². The summed E-state index contributed by atoms with van der Waals surface area (Å²) >= 11 is 5.30. The van der Waals surface area contributed by atoms with Crippen molar-refractivity contribution in [2.24, 2.45) is 5.73 Å². The summed E-state index contributed by atoms with van der Waals surface area (Å²) in [7, 11) is 1.36. The summed E-state index contributed by atoms with van der Waals surface area (Å²) in [4.78, 5) is 11.2. The number of hydrogen-bond donors (Lipinski definition) is 1. The number of methoxy groups -OCH3 is 1. The van der Waals surface area contributed by atoms with Crippen LogP contribution in [0.1, 0.15) is 24.7 Å². The van der Waals surface area contributed by atoms with E-state index in [1.807, 2.05) is 11.6 Å². The average molecular weight is 350 g/mol. The van der Waals surface area contributed by atoms with Crippen molar-refractivity contribution in [3.8, 4) is 0 Å². The van der Waals surface area contributed by atoms with Gasteiger partial charge in [-0.3, -0.25) is 9.48 Å². The Hall–Kier alpha value is -0.530. The number of halogens is 1. The van der Waals surface area contributed by atoms with Gasteiger partial charge in [0.1, 0.15) is 6.04 Å². The van der Waals surface area contributed by atoms with Crippen LogP contribution >= 0.6 is 27.7 Å².